The molecule has 0 aliphatic rings. The molecular weight excluding hydrogens is 396 g/mol. The van der Waals surface area contributed by atoms with Gasteiger partial charge >= 0.3 is 5.97 Å². The fourth-order valence-corrected chi connectivity index (χ4v) is 4.36. The Morgan fingerprint density at radius 1 is 1.35 bits per heavy atom. The van der Waals surface area contributed by atoms with E-state index in [1.54, 1.807) is 18.5 Å². The zero-order valence-corrected chi connectivity index (χ0v) is 16.3. The number of fused-ring (bicyclic) bond motifs is 1. The molecule has 3 rings (SSSR count). The van der Waals surface area contributed by atoms with Gasteiger partial charge in [-0.1, -0.05) is 11.8 Å². The van der Waals surface area contributed by atoms with Gasteiger partial charge in [0.1, 0.15) is 4.83 Å². The summed E-state index contributed by atoms with van der Waals surface area (Å²) in [6, 6.07) is 1.74. The number of rotatable bonds is 6. The van der Waals surface area contributed by atoms with Crippen LogP contribution in [0, 0.1) is 0 Å². The lowest BCUT2D eigenvalue weighted by Gasteiger charge is -2.06. The van der Waals surface area contributed by atoms with Crippen LogP contribution in [0.15, 0.2) is 26.8 Å². The number of thioether (sulfide) groups is 1. The van der Waals surface area contributed by atoms with Crippen LogP contribution >= 0.6 is 34.4 Å². The largest absolute Gasteiger partial charge is 0.469 e. The van der Waals surface area contributed by atoms with Gasteiger partial charge in [-0.15, -0.1) is 22.7 Å². The summed E-state index contributed by atoms with van der Waals surface area (Å²) in [5.41, 5.74) is 0.406. The summed E-state index contributed by atoms with van der Waals surface area (Å²) in [6.45, 7) is 0. The molecule has 11 heteroatoms. The summed E-state index contributed by atoms with van der Waals surface area (Å²) in [7, 11) is 2.94. The number of thiazole rings is 1. The van der Waals surface area contributed by atoms with E-state index in [0.717, 1.165) is 0 Å². The Morgan fingerprint density at radius 3 is 2.92 bits per heavy atom. The van der Waals surface area contributed by atoms with Crippen molar-refractivity contribution in [2.24, 2.45) is 7.05 Å². The maximum absolute atomic E-state index is 12.2. The van der Waals surface area contributed by atoms with Crippen LogP contribution in [-0.4, -0.2) is 39.3 Å². The highest BCUT2D eigenvalue weighted by Crippen LogP contribution is 2.21. The summed E-state index contributed by atoms with van der Waals surface area (Å²) >= 11 is 3.79. The van der Waals surface area contributed by atoms with Crippen molar-refractivity contribution in [1.29, 1.82) is 0 Å². The van der Waals surface area contributed by atoms with E-state index >= 15 is 0 Å². The van der Waals surface area contributed by atoms with Crippen LogP contribution in [0.1, 0.15) is 5.69 Å². The summed E-state index contributed by atoms with van der Waals surface area (Å²) in [5.74, 6) is -0.572. The number of ether oxygens (including phenoxy) is 1. The molecule has 8 nitrogen and oxygen atoms in total. The van der Waals surface area contributed by atoms with Crippen LogP contribution in [0.4, 0.5) is 5.13 Å². The molecule has 0 radical (unpaired) electrons. The third-order valence-electron chi connectivity index (χ3n) is 3.35. The predicted octanol–water partition coefficient (Wildman–Crippen LogP) is 1.90. The smallest absolute Gasteiger partial charge is 0.311 e. The number of amides is 1. The van der Waals surface area contributed by atoms with Crippen molar-refractivity contribution in [3.05, 3.63) is 32.9 Å². The average molecular weight is 411 g/mol. The number of hydrogen-bond donors (Lipinski definition) is 1. The molecule has 0 spiro atoms. The first kappa shape index (κ1) is 18.5. The van der Waals surface area contributed by atoms with Crippen LogP contribution in [0.2, 0.25) is 0 Å². The van der Waals surface area contributed by atoms with Crippen molar-refractivity contribution in [2.75, 3.05) is 18.2 Å². The van der Waals surface area contributed by atoms with Gasteiger partial charge in [-0.2, -0.15) is 0 Å². The SMILES string of the molecule is COC(=O)Cc1csc(NC(=O)CSc2nc3sccc3c(=O)n2C)n1. The summed E-state index contributed by atoms with van der Waals surface area (Å²) in [4.78, 5) is 44.8. The van der Waals surface area contributed by atoms with E-state index in [0.29, 0.717) is 26.2 Å². The van der Waals surface area contributed by atoms with Crippen molar-refractivity contribution >= 4 is 61.7 Å². The van der Waals surface area contributed by atoms with E-state index < -0.39 is 0 Å². The van der Waals surface area contributed by atoms with Gasteiger partial charge in [-0.3, -0.25) is 19.0 Å². The van der Waals surface area contributed by atoms with Crippen molar-refractivity contribution in [3.63, 3.8) is 0 Å². The van der Waals surface area contributed by atoms with Crippen molar-refractivity contribution in [3.8, 4) is 0 Å². The van der Waals surface area contributed by atoms with Crippen molar-refractivity contribution < 1.29 is 14.3 Å². The third kappa shape index (κ3) is 4.11. The number of esters is 1. The van der Waals surface area contributed by atoms with Crippen LogP contribution in [0.25, 0.3) is 10.2 Å². The number of nitrogens with zero attached hydrogens (tertiary/aromatic N) is 3. The molecule has 0 fully saturated rings. The van der Waals surface area contributed by atoms with E-state index in [2.05, 4.69) is 20.0 Å². The lowest BCUT2D eigenvalue weighted by Crippen LogP contribution is -2.20. The number of thiophene rings is 1. The van der Waals surface area contributed by atoms with Crippen molar-refractivity contribution in [1.82, 2.24) is 14.5 Å². The molecule has 0 aromatic carbocycles. The Balaban J connectivity index is 1.62. The molecule has 0 saturated heterocycles. The Bertz CT molecular complexity index is 1020. The van der Waals surface area contributed by atoms with Gasteiger partial charge in [0.05, 0.1) is 30.4 Å². The van der Waals surface area contributed by atoms with Crippen LogP contribution in [0.5, 0.6) is 0 Å². The van der Waals surface area contributed by atoms with Gasteiger partial charge in [0, 0.05) is 12.4 Å². The summed E-state index contributed by atoms with van der Waals surface area (Å²) in [6.07, 6.45) is 0.0600. The number of anilines is 1. The molecule has 0 aliphatic heterocycles. The highest BCUT2D eigenvalue weighted by atomic mass is 32.2. The van der Waals surface area contributed by atoms with E-state index in [-0.39, 0.29) is 29.6 Å². The number of carbonyl (C=O) groups is 2. The maximum atomic E-state index is 12.2. The number of hydrogen-bond acceptors (Lipinski definition) is 9. The molecule has 3 heterocycles. The van der Waals surface area contributed by atoms with Gasteiger partial charge in [0.25, 0.3) is 5.56 Å². The second-order valence-corrected chi connectivity index (χ2v) is 7.83. The quantitative estimate of drug-likeness (QED) is 0.376. The van der Waals surface area contributed by atoms with Crippen LogP contribution in [0.3, 0.4) is 0 Å². The summed E-state index contributed by atoms with van der Waals surface area (Å²) in [5, 5.41) is 7.64. The Hall–Kier alpha value is -2.24. The topological polar surface area (TPSA) is 103 Å². The van der Waals surface area contributed by atoms with Crippen molar-refractivity contribution in [2.45, 2.75) is 11.6 Å². The Kier molecular flexibility index (Phi) is 5.69. The first-order valence-corrected chi connectivity index (χ1v) is 10.1. The lowest BCUT2D eigenvalue weighted by atomic mass is 10.3. The zero-order chi connectivity index (χ0) is 18.7. The molecule has 136 valence electrons. The lowest BCUT2D eigenvalue weighted by molar-refractivity contribution is -0.139. The molecule has 3 aromatic rings. The fourth-order valence-electron chi connectivity index (χ4n) is 2.06. The van der Waals surface area contributed by atoms with E-state index in [1.807, 2.05) is 5.38 Å². The average Bonchev–Trinajstić information content (AvgIpc) is 3.26. The van der Waals surface area contributed by atoms with Gasteiger partial charge in [0.2, 0.25) is 5.91 Å². The second-order valence-electron chi connectivity index (χ2n) is 5.13. The third-order valence-corrected chi connectivity index (χ3v) is 5.99. The zero-order valence-electron chi connectivity index (χ0n) is 13.8. The molecular formula is C15H14N4O4S3. The molecule has 0 atom stereocenters. The van der Waals surface area contributed by atoms with E-state index in [9.17, 15) is 14.4 Å². The van der Waals surface area contributed by atoms with Gasteiger partial charge in [-0.05, 0) is 11.4 Å². The first-order chi connectivity index (χ1) is 12.5. The van der Waals surface area contributed by atoms with Gasteiger partial charge in [-0.25, -0.2) is 9.97 Å². The number of methoxy groups -OCH3 is 1. The van der Waals surface area contributed by atoms with Crippen LogP contribution in [-0.2, 0) is 27.8 Å². The maximum Gasteiger partial charge on any atom is 0.311 e. The molecule has 0 unspecified atom stereocenters. The second kappa shape index (κ2) is 7.98. The van der Waals surface area contributed by atoms with Gasteiger partial charge in [0.15, 0.2) is 10.3 Å². The normalized spacial score (nSPS) is 10.8. The Morgan fingerprint density at radius 2 is 2.15 bits per heavy atom. The molecule has 26 heavy (non-hydrogen) atoms. The number of carbonyl (C=O) groups excluding carboxylic acids is 2. The predicted molar refractivity (Wildman–Crippen MR) is 102 cm³/mol. The molecule has 0 aliphatic carbocycles. The monoisotopic (exact) mass is 410 g/mol. The molecule has 3 aromatic heterocycles. The van der Waals surface area contributed by atoms with E-state index in [1.165, 1.54) is 46.1 Å². The highest BCUT2D eigenvalue weighted by molar-refractivity contribution is 7.99. The minimum Gasteiger partial charge on any atom is -0.469 e. The van der Waals surface area contributed by atoms with E-state index in [4.69, 9.17) is 0 Å². The molecule has 1 N–H and O–H groups in total. The standard InChI is InChI=1S/C15H14N4O4S3/c1-19-13(22)9-3-4-24-12(9)18-15(19)26-7-10(20)17-14-16-8(6-25-14)5-11(21)23-2/h3-4,6H,5,7H2,1-2H3,(H,16,17,20). The van der Waals surface area contributed by atoms with Crippen LogP contribution < -0.4 is 10.9 Å². The molecule has 0 saturated carbocycles. The fraction of sp³-hybridized carbons (Fsp3) is 0.267. The molecule has 1 amide bonds. The minimum absolute atomic E-state index is 0.0600. The number of nitrogens with one attached hydrogen (secondary N) is 1. The highest BCUT2D eigenvalue weighted by Gasteiger charge is 2.13. The summed E-state index contributed by atoms with van der Waals surface area (Å²) < 4.78 is 6.01. The molecule has 0 bridgehead atoms. The minimum atomic E-state index is -0.389. The first-order valence-electron chi connectivity index (χ1n) is 7.36. The Labute approximate surface area is 160 Å². The van der Waals surface area contributed by atoms with Gasteiger partial charge < -0.3 is 10.1 Å². The number of aromatic nitrogens is 3.